The average molecular weight is 239 g/mol. The molecule has 1 aromatic heterocycles. The van der Waals surface area contributed by atoms with E-state index in [9.17, 15) is 9.59 Å². The summed E-state index contributed by atoms with van der Waals surface area (Å²) in [4.78, 5) is 23.5. The molecule has 1 amide bonds. The van der Waals surface area contributed by atoms with Crippen molar-refractivity contribution in [1.82, 2.24) is 14.7 Å². The van der Waals surface area contributed by atoms with Crippen LogP contribution in [0.1, 0.15) is 19.3 Å². The lowest BCUT2D eigenvalue weighted by Crippen LogP contribution is -2.28. The van der Waals surface area contributed by atoms with E-state index in [4.69, 9.17) is 5.11 Å². The van der Waals surface area contributed by atoms with Crippen molar-refractivity contribution in [3.63, 3.8) is 0 Å². The molecule has 6 nitrogen and oxygen atoms in total. The van der Waals surface area contributed by atoms with Crippen LogP contribution in [0.3, 0.4) is 0 Å². The molecule has 0 radical (unpaired) electrons. The molecule has 0 bridgehead atoms. The van der Waals surface area contributed by atoms with Crippen molar-refractivity contribution in [2.75, 3.05) is 13.6 Å². The van der Waals surface area contributed by atoms with Crippen LogP contribution in [0.15, 0.2) is 18.5 Å². The van der Waals surface area contributed by atoms with E-state index in [2.05, 4.69) is 5.10 Å². The number of hydrogen-bond acceptors (Lipinski definition) is 3. The average Bonchev–Trinajstić information content (AvgIpc) is 2.78. The minimum absolute atomic E-state index is 0.00545. The molecule has 0 fully saturated rings. The van der Waals surface area contributed by atoms with Crippen molar-refractivity contribution >= 4 is 11.9 Å². The molecule has 17 heavy (non-hydrogen) atoms. The zero-order valence-electron chi connectivity index (χ0n) is 9.87. The van der Waals surface area contributed by atoms with Gasteiger partial charge in [-0.05, 0) is 12.5 Å². The molecule has 0 unspecified atom stereocenters. The molecule has 1 rings (SSSR count). The zero-order valence-corrected chi connectivity index (χ0v) is 9.87. The van der Waals surface area contributed by atoms with Gasteiger partial charge in [-0.3, -0.25) is 14.3 Å². The Balaban J connectivity index is 2.20. The number of carboxylic acids is 1. The molecule has 94 valence electrons. The number of hydrogen-bond donors (Lipinski definition) is 1. The number of carbonyl (C=O) groups excluding carboxylic acids is 1. The third-order valence-electron chi connectivity index (χ3n) is 2.42. The number of nitrogens with zero attached hydrogens (tertiary/aromatic N) is 3. The van der Waals surface area contributed by atoms with Gasteiger partial charge in [0, 0.05) is 45.4 Å². The van der Waals surface area contributed by atoms with Gasteiger partial charge in [0.2, 0.25) is 5.91 Å². The quantitative estimate of drug-likeness (QED) is 0.756. The molecule has 0 saturated carbocycles. The summed E-state index contributed by atoms with van der Waals surface area (Å²) in [7, 11) is 1.69. The van der Waals surface area contributed by atoms with Crippen LogP contribution in [0.2, 0.25) is 0 Å². The number of aryl methyl sites for hydroxylation is 1. The number of aliphatic carboxylic acids is 1. The third kappa shape index (κ3) is 5.14. The summed E-state index contributed by atoms with van der Waals surface area (Å²) in [5.41, 5.74) is 0. The van der Waals surface area contributed by atoms with Gasteiger partial charge in [0.25, 0.3) is 0 Å². The Morgan fingerprint density at radius 1 is 1.41 bits per heavy atom. The molecule has 0 atom stereocenters. The summed E-state index contributed by atoms with van der Waals surface area (Å²) in [6.45, 7) is 1.03. The molecule has 0 aliphatic heterocycles. The highest BCUT2D eigenvalue weighted by atomic mass is 16.4. The van der Waals surface area contributed by atoms with Crippen molar-refractivity contribution in [1.29, 1.82) is 0 Å². The van der Waals surface area contributed by atoms with E-state index in [0.29, 0.717) is 25.9 Å². The van der Waals surface area contributed by atoms with E-state index in [-0.39, 0.29) is 12.3 Å². The van der Waals surface area contributed by atoms with Crippen LogP contribution >= 0.6 is 0 Å². The van der Waals surface area contributed by atoms with E-state index in [1.54, 1.807) is 35.1 Å². The largest absolute Gasteiger partial charge is 0.481 e. The molecule has 0 aliphatic carbocycles. The highest BCUT2D eigenvalue weighted by Gasteiger charge is 2.09. The first-order valence-corrected chi connectivity index (χ1v) is 5.53. The fourth-order valence-corrected chi connectivity index (χ4v) is 1.43. The number of carbonyl (C=O) groups is 2. The fourth-order valence-electron chi connectivity index (χ4n) is 1.43. The maximum atomic E-state index is 11.7. The van der Waals surface area contributed by atoms with Gasteiger partial charge < -0.3 is 10.0 Å². The van der Waals surface area contributed by atoms with Crippen LogP contribution in [0.25, 0.3) is 0 Å². The second-order valence-electron chi connectivity index (χ2n) is 3.83. The van der Waals surface area contributed by atoms with Crippen molar-refractivity contribution in [2.45, 2.75) is 25.8 Å². The smallest absolute Gasteiger partial charge is 0.303 e. The summed E-state index contributed by atoms with van der Waals surface area (Å²) in [6.07, 6.45) is 4.43. The van der Waals surface area contributed by atoms with Gasteiger partial charge in [0.1, 0.15) is 0 Å². The van der Waals surface area contributed by atoms with Crippen molar-refractivity contribution in [2.24, 2.45) is 0 Å². The zero-order chi connectivity index (χ0) is 12.7. The molecule has 0 saturated heterocycles. The summed E-state index contributed by atoms with van der Waals surface area (Å²) in [6, 6.07) is 1.81. The molecule has 0 aromatic carbocycles. The Kier molecular flexibility index (Phi) is 5.19. The van der Waals surface area contributed by atoms with E-state index in [1.165, 1.54) is 0 Å². The Labute approximate surface area is 99.8 Å². The Hall–Kier alpha value is -1.85. The second-order valence-corrected chi connectivity index (χ2v) is 3.83. The van der Waals surface area contributed by atoms with Gasteiger partial charge in [0.05, 0.1) is 0 Å². The Bertz CT molecular complexity index is 362. The maximum absolute atomic E-state index is 11.7. The molecule has 6 heteroatoms. The number of aromatic nitrogens is 2. The minimum atomic E-state index is -0.831. The van der Waals surface area contributed by atoms with E-state index in [0.717, 1.165) is 0 Å². The van der Waals surface area contributed by atoms with Crippen LogP contribution in [0.4, 0.5) is 0 Å². The third-order valence-corrected chi connectivity index (χ3v) is 2.42. The van der Waals surface area contributed by atoms with Crippen LogP contribution in [-0.2, 0) is 16.1 Å². The predicted molar refractivity (Wildman–Crippen MR) is 61.4 cm³/mol. The van der Waals surface area contributed by atoms with Gasteiger partial charge in [-0.1, -0.05) is 0 Å². The molecule has 0 spiro atoms. The standard InChI is InChI=1S/C11H17N3O3/c1-13(7-2-4-11(16)17)10(15)5-9-14-8-3-6-12-14/h3,6,8H,2,4-5,7,9H2,1H3,(H,16,17). The molecule has 1 N–H and O–H groups in total. The lowest BCUT2D eigenvalue weighted by molar-refractivity contribution is -0.138. The summed E-state index contributed by atoms with van der Waals surface area (Å²) < 4.78 is 1.70. The molecule has 1 heterocycles. The first-order valence-electron chi connectivity index (χ1n) is 5.53. The first kappa shape index (κ1) is 13.2. The summed E-state index contributed by atoms with van der Waals surface area (Å²) in [5, 5.41) is 12.5. The fraction of sp³-hybridized carbons (Fsp3) is 0.545. The first-order chi connectivity index (χ1) is 8.09. The summed E-state index contributed by atoms with van der Waals surface area (Å²) in [5.74, 6) is -0.826. The Morgan fingerprint density at radius 3 is 2.76 bits per heavy atom. The van der Waals surface area contributed by atoms with E-state index < -0.39 is 5.97 Å². The highest BCUT2D eigenvalue weighted by Crippen LogP contribution is 1.98. The molecular formula is C11H17N3O3. The van der Waals surface area contributed by atoms with Gasteiger partial charge >= 0.3 is 5.97 Å². The minimum Gasteiger partial charge on any atom is -0.481 e. The van der Waals surface area contributed by atoms with Gasteiger partial charge in [0.15, 0.2) is 0 Å². The number of carboxylic acid groups (broad SMARTS) is 1. The normalized spacial score (nSPS) is 10.2. The lowest BCUT2D eigenvalue weighted by atomic mass is 10.3. The highest BCUT2D eigenvalue weighted by molar-refractivity contribution is 5.75. The second kappa shape index (κ2) is 6.67. The predicted octanol–water partition coefficient (Wildman–Crippen LogP) is 0.596. The molecular weight excluding hydrogens is 222 g/mol. The summed E-state index contributed by atoms with van der Waals surface area (Å²) >= 11 is 0. The lowest BCUT2D eigenvalue weighted by Gasteiger charge is -2.16. The Morgan fingerprint density at radius 2 is 2.18 bits per heavy atom. The topological polar surface area (TPSA) is 75.4 Å². The van der Waals surface area contributed by atoms with Crippen LogP contribution < -0.4 is 0 Å². The van der Waals surface area contributed by atoms with Gasteiger partial charge in [-0.2, -0.15) is 5.10 Å². The number of amides is 1. The number of rotatable bonds is 7. The van der Waals surface area contributed by atoms with Crippen molar-refractivity contribution in [3.8, 4) is 0 Å². The van der Waals surface area contributed by atoms with Crippen LogP contribution in [0.5, 0.6) is 0 Å². The van der Waals surface area contributed by atoms with E-state index in [1.807, 2.05) is 0 Å². The van der Waals surface area contributed by atoms with Crippen molar-refractivity contribution in [3.05, 3.63) is 18.5 Å². The monoisotopic (exact) mass is 239 g/mol. The molecule has 1 aromatic rings. The van der Waals surface area contributed by atoms with Crippen molar-refractivity contribution < 1.29 is 14.7 Å². The SMILES string of the molecule is CN(CCCC(=O)O)C(=O)CCn1cccn1. The van der Waals surface area contributed by atoms with Gasteiger partial charge in [-0.15, -0.1) is 0 Å². The molecule has 0 aliphatic rings. The van der Waals surface area contributed by atoms with Crippen LogP contribution in [-0.4, -0.2) is 45.3 Å². The van der Waals surface area contributed by atoms with E-state index >= 15 is 0 Å². The van der Waals surface area contributed by atoms with Crippen LogP contribution in [0, 0.1) is 0 Å². The maximum Gasteiger partial charge on any atom is 0.303 e. The van der Waals surface area contributed by atoms with Gasteiger partial charge in [-0.25, -0.2) is 0 Å².